The Morgan fingerprint density at radius 1 is 1.02 bits per heavy atom. The number of aliphatic hydroxyl groups is 5. The van der Waals surface area contributed by atoms with Gasteiger partial charge < -0.3 is 44.8 Å². The number of rotatable bonds is 9. The number of ether oxygens (including phenoxy) is 3. The highest BCUT2D eigenvalue weighted by Crippen LogP contribution is 2.50. The van der Waals surface area contributed by atoms with Gasteiger partial charge in [0.15, 0.2) is 0 Å². The molecule has 1 aliphatic carbocycles. The van der Waals surface area contributed by atoms with Crippen LogP contribution in [-0.4, -0.2) is 87.5 Å². The Kier molecular flexibility index (Phi) is 10.4. The third-order valence-corrected chi connectivity index (χ3v) is 8.74. The summed E-state index contributed by atoms with van der Waals surface area (Å²) < 4.78 is 17.3. The number of carbonyl (C=O) groups is 1. The van der Waals surface area contributed by atoms with Gasteiger partial charge in [0.25, 0.3) is 0 Å². The third-order valence-electron chi connectivity index (χ3n) is 8.74. The molecule has 2 unspecified atom stereocenters. The Labute approximate surface area is 258 Å². The van der Waals surface area contributed by atoms with Gasteiger partial charge in [0, 0.05) is 17.7 Å². The zero-order chi connectivity index (χ0) is 32.4. The average Bonchev–Trinajstić information content (AvgIpc) is 2.99. The van der Waals surface area contributed by atoms with E-state index in [1.165, 1.54) is 18.2 Å². The molecule has 6 atom stereocenters. The molecule has 10 nitrogen and oxygen atoms in total. The molecule has 2 aromatic carbocycles. The second-order valence-electron chi connectivity index (χ2n) is 12.8. The minimum atomic E-state index is -1.67. The maximum atomic E-state index is 12.0. The molecule has 0 aromatic heterocycles. The van der Waals surface area contributed by atoms with Crippen molar-refractivity contribution in [3.8, 4) is 17.6 Å². The number of aromatic carboxylic acids is 1. The monoisotopic (exact) mass is 612 g/mol. The first-order chi connectivity index (χ1) is 20.7. The van der Waals surface area contributed by atoms with Gasteiger partial charge in [0.1, 0.15) is 49.0 Å². The average molecular weight is 613 g/mol. The fourth-order valence-electron chi connectivity index (χ4n) is 6.04. The molecule has 1 aliphatic heterocycles. The van der Waals surface area contributed by atoms with Gasteiger partial charge in [-0.15, -0.1) is 0 Å². The van der Waals surface area contributed by atoms with Crippen molar-refractivity contribution >= 4 is 5.97 Å². The molecule has 2 aliphatic rings. The van der Waals surface area contributed by atoms with E-state index in [0.717, 1.165) is 24.0 Å². The predicted molar refractivity (Wildman–Crippen MR) is 162 cm³/mol. The molecule has 0 spiro atoms. The number of carboxylic acids is 1. The van der Waals surface area contributed by atoms with Crippen LogP contribution in [0.4, 0.5) is 0 Å². The molecule has 0 amide bonds. The molecule has 0 radical (unpaired) electrons. The maximum Gasteiger partial charge on any atom is 0.336 e. The van der Waals surface area contributed by atoms with E-state index in [2.05, 4.69) is 39.5 Å². The van der Waals surface area contributed by atoms with Gasteiger partial charge in [-0.3, -0.25) is 0 Å². The van der Waals surface area contributed by atoms with E-state index in [1.807, 2.05) is 19.1 Å². The lowest BCUT2D eigenvalue weighted by molar-refractivity contribution is -0.231. The summed E-state index contributed by atoms with van der Waals surface area (Å²) in [5, 5.41) is 61.7. The minimum Gasteiger partial charge on any atom is -0.491 e. The smallest absolute Gasteiger partial charge is 0.336 e. The molecular formula is C34H44O10. The van der Waals surface area contributed by atoms with Crippen LogP contribution in [0.2, 0.25) is 0 Å². The predicted octanol–water partition coefficient (Wildman–Crippen LogP) is 2.75. The molecule has 240 valence electrons. The fourth-order valence-corrected chi connectivity index (χ4v) is 6.04. The molecule has 0 bridgehead atoms. The standard InChI is InChI=1S/C34H44O10/c1-6-42-13-14-43-25-17-20(16-23-27(25)34(4,5)12-11-33(23,2)3)24(36)10-8-19-7-9-21(32(40)41)22(15-19)31-30(39)29(38)28(37)26(18-35)44-31/h7,9,15-17,24,26,28-31,35-39H,6,11-14,18H2,1-5H3,(H,40,41)/t24?,26-,28+,29+,30-,31?/m1/s1. The zero-order valence-corrected chi connectivity index (χ0v) is 25.9. The van der Waals surface area contributed by atoms with Gasteiger partial charge in [-0.25, -0.2) is 4.79 Å². The number of hydrogen-bond donors (Lipinski definition) is 6. The van der Waals surface area contributed by atoms with Crippen molar-refractivity contribution < 1.29 is 49.6 Å². The SMILES string of the molecule is CCOCCOc1cc(C(O)C#Cc2ccc(C(=O)O)c(C3O[C@H](CO)[C@H](O)[C@H](O)[C@H]3O)c2)cc2c1C(C)(C)CCC2(C)C. The Bertz CT molecular complexity index is 1400. The highest BCUT2D eigenvalue weighted by atomic mass is 16.5. The molecule has 1 saturated heterocycles. The summed E-state index contributed by atoms with van der Waals surface area (Å²) in [7, 11) is 0. The van der Waals surface area contributed by atoms with E-state index in [9.17, 15) is 35.4 Å². The van der Waals surface area contributed by atoms with Crippen LogP contribution in [0.15, 0.2) is 30.3 Å². The Balaban J connectivity index is 1.71. The van der Waals surface area contributed by atoms with Crippen molar-refractivity contribution in [1.82, 2.24) is 0 Å². The quantitative estimate of drug-likeness (QED) is 0.183. The molecule has 2 aromatic rings. The second kappa shape index (κ2) is 13.5. The van der Waals surface area contributed by atoms with Crippen molar-refractivity contribution in [1.29, 1.82) is 0 Å². The Hall–Kier alpha value is -3.01. The van der Waals surface area contributed by atoms with Gasteiger partial charge >= 0.3 is 5.97 Å². The van der Waals surface area contributed by atoms with E-state index >= 15 is 0 Å². The Morgan fingerprint density at radius 2 is 1.73 bits per heavy atom. The summed E-state index contributed by atoms with van der Waals surface area (Å²) in [6.07, 6.45) is -6.74. The van der Waals surface area contributed by atoms with Crippen molar-refractivity contribution in [3.63, 3.8) is 0 Å². The molecule has 4 rings (SSSR count). The maximum absolute atomic E-state index is 12.0. The highest BCUT2D eigenvalue weighted by Gasteiger charge is 2.45. The van der Waals surface area contributed by atoms with Gasteiger partial charge in [0.05, 0.1) is 18.8 Å². The zero-order valence-electron chi connectivity index (χ0n) is 25.9. The van der Waals surface area contributed by atoms with Gasteiger partial charge in [-0.2, -0.15) is 0 Å². The largest absolute Gasteiger partial charge is 0.491 e. The van der Waals surface area contributed by atoms with Crippen LogP contribution in [-0.2, 0) is 20.3 Å². The van der Waals surface area contributed by atoms with Crippen LogP contribution in [0.5, 0.6) is 5.75 Å². The van der Waals surface area contributed by atoms with Crippen molar-refractivity contribution in [2.75, 3.05) is 26.4 Å². The minimum absolute atomic E-state index is 0.0124. The van der Waals surface area contributed by atoms with E-state index in [-0.39, 0.29) is 22.0 Å². The van der Waals surface area contributed by atoms with E-state index in [4.69, 9.17) is 14.2 Å². The summed E-state index contributed by atoms with van der Waals surface area (Å²) in [6, 6.07) is 7.97. The molecule has 1 fully saturated rings. The van der Waals surface area contributed by atoms with Crippen molar-refractivity contribution in [2.45, 2.75) is 94.9 Å². The number of carboxylic acid groups (broad SMARTS) is 1. The molecule has 10 heteroatoms. The van der Waals surface area contributed by atoms with Crippen LogP contribution in [0.25, 0.3) is 0 Å². The van der Waals surface area contributed by atoms with Crippen LogP contribution < -0.4 is 4.74 Å². The fraction of sp³-hybridized carbons (Fsp3) is 0.559. The van der Waals surface area contributed by atoms with E-state index < -0.39 is 49.2 Å². The molecule has 0 saturated carbocycles. The van der Waals surface area contributed by atoms with Crippen molar-refractivity contribution in [3.05, 3.63) is 63.7 Å². The van der Waals surface area contributed by atoms with Gasteiger partial charge in [0.2, 0.25) is 0 Å². The first kappa shape index (κ1) is 33.9. The first-order valence-corrected chi connectivity index (χ1v) is 15.0. The highest BCUT2D eigenvalue weighted by molar-refractivity contribution is 5.90. The molecule has 6 N–H and O–H groups in total. The van der Waals surface area contributed by atoms with Crippen LogP contribution >= 0.6 is 0 Å². The second-order valence-corrected chi connectivity index (χ2v) is 12.8. The number of benzene rings is 2. The number of hydrogen-bond acceptors (Lipinski definition) is 9. The van der Waals surface area contributed by atoms with Crippen LogP contribution in [0, 0.1) is 11.8 Å². The molecule has 1 heterocycles. The Morgan fingerprint density at radius 3 is 2.39 bits per heavy atom. The first-order valence-electron chi connectivity index (χ1n) is 15.0. The molecular weight excluding hydrogens is 568 g/mol. The lowest BCUT2D eigenvalue weighted by atomic mass is 9.62. The van der Waals surface area contributed by atoms with E-state index in [1.54, 1.807) is 0 Å². The summed E-state index contributed by atoms with van der Waals surface area (Å²) in [5.41, 5.74) is 2.62. The third kappa shape index (κ3) is 6.95. The van der Waals surface area contributed by atoms with Crippen molar-refractivity contribution in [2.24, 2.45) is 0 Å². The summed E-state index contributed by atoms with van der Waals surface area (Å²) in [4.78, 5) is 12.0. The summed E-state index contributed by atoms with van der Waals surface area (Å²) in [6.45, 7) is 11.4. The topological polar surface area (TPSA) is 166 Å². The summed E-state index contributed by atoms with van der Waals surface area (Å²) in [5.74, 6) is 5.13. The summed E-state index contributed by atoms with van der Waals surface area (Å²) >= 11 is 0. The van der Waals surface area contributed by atoms with E-state index in [0.29, 0.717) is 36.7 Å². The van der Waals surface area contributed by atoms with Crippen LogP contribution in [0.3, 0.4) is 0 Å². The van der Waals surface area contributed by atoms with Gasteiger partial charge in [-0.05, 0) is 71.6 Å². The molecule has 44 heavy (non-hydrogen) atoms. The lowest BCUT2D eigenvalue weighted by Gasteiger charge is -2.43. The lowest BCUT2D eigenvalue weighted by Crippen LogP contribution is -2.55. The number of aliphatic hydroxyl groups excluding tert-OH is 5. The number of fused-ring (bicyclic) bond motifs is 1. The normalized spacial score (nSPS) is 26.2. The van der Waals surface area contributed by atoms with Gasteiger partial charge in [-0.1, -0.05) is 45.6 Å². The van der Waals surface area contributed by atoms with Crippen LogP contribution in [0.1, 0.15) is 97.8 Å².